The fraction of sp³-hybridized carbons (Fsp3) is 1.00. The molecule has 2 unspecified atom stereocenters. The van der Waals surface area contributed by atoms with Crippen LogP contribution in [0.1, 0.15) is 27.2 Å². The molecule has 1 N–H and O–H groups in total. The third-order valence-electron chi connectivity index (χ3n) is 2.32. The van der Waals surface area contributed by atoms with E-state index in [4.69, 9.17) is 0 Å². The number of aliphatic hydroxyl groups is 1. The van der Waals surface area contributed by atoms with Gasteiger partial charge in [-0.2, -0.15) is 0 Å². The summed E-state index contributed by atoms with van der Waals surface area (Å²) in [5.74, 6) is 0.560. The van der Waals surface area contributed by atoms with Gasteiger partial charge in [0.1, 0.15) is 0 Å². The van der Waals surface area contributed by atoms with Crippen LogP contribution in [-0.2, 0) is 0 Å². The molecule has 0 aliphatic carbocycles. The van der Waals surface area contributed by atoms with Crippen LogP contribution in [0.25, 0.3) is 0 Å². The second kappa shape index (κ2) is 4.73. The van der Waals surface area contributed by atoms with E-state index in [9.17, 15) is 5.11 Å². The van der Waals surface area contributed by atoms with Crippen molar-refractivity contribution in [3.05, 3.63) is 0 Å². The Labute approximate surface area is 70.2 Å². The van der Waals surface area contributed by atoms with Crippen LogP contribution >= 0.6 is 0 Å². The minimum atomic E-state index is -0.236. The van der Waals surface area contributed by atoms with E-state index < -0.39 is 0 Å². The molecule has 0 amide bonds. The monoisotopic (exact) mass is 159 g/mol. The molecule has 0 spiro atoms. The van der Waals surface area contributed by atoms with E-state index in [1.807, 2.05) is 21.0 Å². The molecule has 0 aliphatic heterocycles. The number of hydrogen-bond donors (Lipinski definition) is 1. The predicted molar refractivity (Wildman–Crippen MR) is 48.6 cm³/mol. The highest BCUT2D eigenvalue weighted by Crippen LogP contribution is 2.15. The van der Waals surface area contributed by atoms with Crippen molar-refractivity contribution < 1.29 is 5.11 Å². The molecule has 11 heavy (non-hydrogen) atoms. The number of likely N-dealkylation sites (N-methyl/N-ethyl adjacent to an activating group) is 1. The highest BCUT2D eigenvalue weighted by atomic mass is 16.3. The Morgan fingerprint density at radius 2 is 1.73 bits per heavy atom. The molecule has 0 fully saturated rings. The van der Waals surface area contributed by atoms with E-state index in [2.05, 4.69) is 18.7 Å². The van der Waals surface area contributed by atoms with Crippen LogP contribution in [0.15, 0.2) is 0 Å². The fourth-order valence-electron chi connectivity index (χ4n) is 1.66. The Hall–Kier alpha value is -0.0800. The lowest BCUT2D eigenvalue weighted by Crippen LogP contribution is -2.42. The fourth-order valence-corrected chi connectivity index (χ4v) is 1.66. The normalized spacial score (nSPS) is 19.9. The lowest BCUT2D eigenvalue weighted by Gasteiger charge is -2.31. The minimum absolute atomic E-state index is 0.236. The third-order valence-corrected chi connectivity index (χ3v) is 2.32. The Kier molecular flexibility index (Phi) is 4.69. The minimum Gasteiger partial charge on any atom is -0.392 e. The maximum Gasteiger partial charge on any atom is 0.0669 e. The largest absolute Gasteiger partial charge is 0.392 e. The summed E-state index contributed by atoms with van der Waals surface area (Å²) in [6.45, 7) is 6.19. The van der Waals surface area contributed by atoms with Crippen LogP contribution in [0.5, 0.6) is 0 Å². The van der Waals surface area contributed by atoms with Gasteiger partial charge in [0, 0.05) is 6.04 Å². The zero-order valence-electron chi connectivity index (χ0n) is 8.33. The van der Waals surface area contributed by atoms with E-state index >= 15 is 0 Å². The Morgan fingerprint density at radius 3 is 1.82 bits per heavy atom. The van der Waals surface area contributed by atoms with Gasteiger partial charge < -0.3 is 10.0 Å². The molecule has 0 aromatic rings. The summed E-state index contributed by atoms with van der Waals surface area (Å²) < 4.78 is 0. The van der Waals surface area contributed by atoms with Crippen molar-refractivity contribution >= 4 is 0 Å². The van der Waals surface area contributed by atoms with Gasteiger partial charge in [-0.1, -0.05) is 20.3 Å². The van der Waals surface area contributed by atoms with E-state index in [0.717, 1.165) is 6.42 Å². The van der Waals surface area contributed by atoms with Gasteiger partial charge in [-0.3, -0.25) is 0 Å². The molecular weight excluding hydrogens is 138 g/mol. The van der Waals surface area contributed by atoms with Crippen molar-refractivity contribution in [2.45, 2.75) is 39.3 Å². The average Bonchev–Trinajstić information content (AvgIpc) is 1.85. The third kappa shape index (κ3) is 3.21. The van der Waals surface area contributed by atoms with Crippen LogP contribution in [0.2, 0.25) is 0 Å². The van der Waals surface area contributed by atoms with E-state index in [1.165, 1.54) is 0 Å². The topological polar surface area (TPSA) is 23.5 Å². The van der Waals surface area contributed by atoms with Gasteiger partial charge in [0.05, 0.1) is 6.10 Å². The summed E-state index contributed by atoms with van der Waals surface area (Å²) in [5.41, 5.74) is 0. The summed E-state index contributed by atoms with van der Waals surface area (Å²) in [5, 5.41) is 9.44. The van der Waals surface area contributed by atoms with E-state index in [-0.39, 0.29) is 6.10 Å². The summed E-state index contributed by atoms with van der Waals surface area (Å²) in [4.78, 5) is 2.10. The number of aliphatic hydroxyl groups excluding tert-OH is 1. The van der Waals surface area contributed by atoms with Crippen molar-refractivity contribution in [1.82, 2.24) is 4.90 Å². The zero-order chi connectivity index (χ0) is 9.02. The summed E-state index contributed by atoms with van der Waals surface area (Å²) in [6.07, 6.45) is 0.883. The lowest BCUT2D eigenvalue weighted by molar-refractivity contribution is 0.0573. The number of rotatable bonds is 4. The molecule has 0 rings (SSSR count). The summed E-state index contributed by atoms with van der Waals surface area (Å²) >= 11 is 0. The van der Waals surface area contributed by atoms with Crippen molar-refractivity contribution in [1.29, 1.82) is 0 Å². The summed E-state index contributed by atoms with van der Waals surface area (Å²) in [7, 11) is 4.03. The first-order valence-corrected chi connectivity index (χ1v) is 4.35. The molecule has 0 saturated heterocycles. The highest BCUT2D eigenvalue weighted by molar-refractivity contribution is 4.76. The smallest absolute Gasteiger partial charge is 0.0669 e. The lowest BCUT2D eigenvalue weighted by atomic mass is 9.94. The number of nitrogens with zero attached hydrogens (tertiary/aromatic N) is 1. The molecule has 0 aromatic heterocycles. The van der Waals surface area contributed by atoms with Gasteiger partial charge in [0.15, 0.2) is 0 Å². The second-order valence-electron chi connectivity index (χ2n) is 3.58. The van der Waals surface area contributed by atoms with Crippen LogP contribution in [0.3, 0.4) is 0 Å². The van der Waals surface area contributed by atoms with Gasteiger partial charge in [-0.25, -0.2) is 0 Å². The molecule has 0 heterocycles. The average molecular weight is 159 g/mol. The summed E-state index contributed by atoms with van der Waals surface area (Å²) in [6, 6.07) is 0.292. The first-order chi connectivity index (χ1) is 5.00. The molecule has 2 nitrogen and oxygen atoms in total. The van der Waals surface area contributed by atoms with Crippen molar-refractivity contribution in [2.24, 2.45) is 5.92 Å². The molecule has 68 valence electrons. The van der Waals surface area contributed by atoms with E-state index in [1.54, 1.807) is 0 Å². The molecular formula is C9H21NO. The molecule has 0 radical (unpaired) electrons. The van der Waals surface area contributed by atoms with Gasteiger partial charge in [0.2, 0.25) is 0 Å². The maximum absolute atomic E-state index is 9.44. The van der Waals surface area contributed by atoms with Crippen LogP contribution < -0.4 is 0 Å². The first-order valence-electron chi connectivity index (χ1n) is 4.35. The highest BCUT2D eigenvalue weighted by Gasteiger charge is 2.22. The standard InChI is InChI=1S/C9H21NO/c1-6-7(2)9(8(3)11)10(4)5/h7-9,11H,6H2,1-5H3/t7?,8?,9-/m0/s1. The van der Waals surface area contributed by atoms with E-state index in [0.29, 0.717) is 12.0 Å². The Balaban J connectivity index is 4.09. The zero-order valence-corrected chi connectivity index (χ0v) is 8.33. The molecule has 3 atom stereocenters. The van der Waals surface area contributed by atoms with Crippen LogP contribution in [0, 0.1) is 5.92 Å². The van der Waals surface area contributed by atoms with Crippen LogP contribution in [0.4, 0.5) is 0 Å². The second-order valence-corrected chi connectivity index (χ2v) is 3.58. The molecule has 0 aromatic carbocycles. The Morgan fingerprint density at radius 1 is 1.27 bits per heavy atom. The van der Waals surface area contributed by atoms with Crippen molar-refractivity contribution in [3.8, 4) is 0 Å². The molecule has 2 heteroatoms. The van der Waals surface area contributed by atoms with Gasteiger partial charge in [0.25, 0.3) is 0 Å². The van der Waals surface area contributed by atoms with Gasteiger partial charge in [-0.05, 0) is 26.9 Å². The van der Waals surface area contributed by atoms with Gasteiger partial charge in [-0.15, -0.1) is 0 Å². The SMILES string of the molecule is CCC(C)[C@@H](C(C)O)N(C)C. The molecule has 0 aliphatic rings. The van der Waals surface area contributed by atoms with Crippen LogP contribution in [-0.4, -0.2) is 36.2 Å². The predicted octanol–water partition coefficient (Wildman–Crippen LogP) is 1.34. The molecule has 0 saturated carbocycles. The van der Waals surface area contributed by atoms with Crippen molar-refractivity contribution in [3.63, 3.8) is 0 Å². The number of hydrogen-bond acceptors (Lipinski definition) is 2. The quantitative estimate of drug-likeness (QED) is 0.669. The first kappa shape index (κ1) is 10.9. The Bertz CT molecular complexity index is 93.7. The van der Waals surface area contributed by atoms with Crippen molar-refractivity contribution in [2.75, 3.05) is 14.1 Å². The van der Waals surface area contributed by atoms with Gasteiger partial charge >= 0.3 is 0 Å². The maximum atomic E-state index is 9.44. The molecule has 0 bridgehead atoms.